The van der Waals surface area contributed by atoms with Crippen LogP contribution in [0.15, 0.2) is 29.3 Å². The largest absolute Gasteiger partial charge is 0.497 e. The molecule has 0 bridgehead atoms. The van der Waals surface area contributed by atoms with Crippen LogP contribution < -0.4 is 4.74 Å². The number of aromatic nitrogens is 1. The molecule has 0 saturated carbocycles. The Morgan fingerprint density at radius 1 is 1.38 bits per heavy atom. The molecule has 0 saturated heterocycles. The average molecular weight is 233 g/mol. The summed E-state index contributed by atoms with van der Waals surface area (Å²) in [6.07, 6.45) is 2.79. The molecule has 0 aliphatic carbocycles. The summed E-state index contributed by atoms with van der Waals surface area (Å²) < 4.78 is 5.13. The average Bonchev–Trinajstić information content (AvgIpc) is 2.36. The van der Waals surface area contributed by atoms with Crippen molar-refractivity contribution in [1.82, 2.24) is 4.98 Å². The topological polar surface area (TPSA) is 39.2 Å². The van der Waals surface area contributed by atoms with Crippen LogP contribution in [0.1, 0.15) is 10.4 Å². The van der Waals surface area contributed by atoms with Crippen LogP contribution in [0.3, 0.4) is 0 Å². The van der Waals surface area contributed by atoms with E-state index in [1.807, 2.05) is 24.5 Å². The number of methoxy groups -OCH3 is 1. The molecule has 4 heteroatoms. The highest BCUT2D eigenvalue weighted by atomic mass is 32.2. The van der Waals surface area contributed by atoms with E-state index in [2.05, 4.69) is 4.98 Å². The molecule has 0 radical (unpaired) electrons. The molecule has 0 aliphatic heterocycles. The molecular weight excluding hydrogens is 222 g/mol. The molecule has 2 aromatic rings. The first-order chi connectivity index (χ1) is 7.78. The number of fused-ring (bicyclic) bond motifs is 1. The maximum Gasteiger partial charge on any atom is 0.150 e. The summed E-state index contributed by atoms with van der Waals surface area (Å²) in [5, 5.41) is 1.69. The SMILES string of the molecule is COc1ccc2c(C=O)cc(SC)nc2c1. The summed E-state index contributed by atoms with van der Waals surface area (Å²) in [5.74, 6) is 0.745. The van der Waals surface area contributed by atoms with Crippen molar-refractivity contribution in [2.24, 2.45) is 0 Å². The zero-order chi connectivity index (χ0) is 11.5. The van der Waals surface area contributed by atoms with Crippen LogP contribution in [0, 0.1) is 0 Å². The molecule has 0 aliphatic rings. The summed E-state index contributed by atoms with van der Waals surface area (Å²) >= 11 is 1.52. The number of hydrogen-bond acceptors (Lipinski definition) is 4. The van der Waals surface area contributed by atoms with Crippen molar-refractivity contribution in [3.63, 3.8) is 0 Å². The Labute approximate surface area is 97.8 Å². The number of ether oxygens (including phenoxy) is 1. The Hall–Kier alpha value is -1.55. The monoisotopic (exact) mass is 233 g/mol. The molecule has 82 valence electrons. The third-order valence-corrected chi connectivity index (χ3v) is 2.99. The number of rotatable bonds is 3. The van der Waals surface area contributed by atoms with Crippen molar-refractivity contribution in [1.29, 1.82) is 0 Å². The number of carbonyl (C=O) groups excluding carboxylic acids is 1. The number of carbonyl (C=O) groups is 1. The van der Waals surface area contributed by atoms with Gasteiger partial charge in [0.15, 0.2) is 6.29 Å². The van der Waals surface area contributed by atoms with Gasteiger partial charge in [-0.15, -0.1) is 11.8 Å². The molecule has 1 aromatic heterocycles. The zero-order valence-corrected chi connectivity index (χ0v) is 9.88. The molecule has 0 fully saturated rings. The minimum Gasteiger partial charge on any atom is -0.497 e. The Morgan fingerprint density at radius 2 is 2.19 bits per heavy atom. The predicted octanol–water partition coefficient (Wildman–Crippen LogP) is 2.78. The normalized spacial score (nSPS) is 10.4. The summed E-state index contributed by atoms with van der Waals surface area (Å²) in [4.78, 5) is 15.4. The van der Waals surface area contributed by atoms with Gasteiger partial charge < -0.3 is 4.74 Å². The lowest BCUT2D eigenvalue weighted by molar-refractivity contribution is 0.112. The van der Waals surface area contributed by atoms with E-state index in [4.69, 9.17) is 4.74 Å². The molecule has 2 rings (SSSR count). The van der Waals surface area contributed by atoms with Gasteiger partial charge in [-0.25, -0.2) is 4.98 Å². The second-order valence-corrected chi connectivity index (χ2v) is 4.08. The fourth-order valence-corrected chi connectivity index (χ4v) is 1.97. The van der Waals surface area contributed by atoms with E-state index in [1.54, 1.807) is 13.2 Å². The van der Waals surface area contributed by atoms with E-state index < -0.39 is 0 Å². The zero-order valence-electron chi connectivity index (χ0n) is 9.06. The number of thioether (sulfide) groups is 1. The van der Waals surface area contributed by atoms with E-state index >= 15 is 0 Å². The number of benzene rings is 1. The number of aldehydes is 1. The molecular formula is C12H11NO2S. The lowest BCUT2D eigenvalue weighted by atomic mass is 10.1. The molecule has 0 spiro atoms. The Bertz CT molecular complexity index is 535. The highest BCUT2D eigenvalue weighted by Gasteiger charge is 2.05. The molecule has 0 unspecified atom stereocenters. The molecule has 0 amide bonds. The lowest BCUT2D eigenvalue weighted by Crippen LogP contribution is -1.91. The summed E-state index contributed by atoms with van der Waals surface area (Å²) in [6, 6.07) is 7.32. The van der Waals surface area contributed by atoms with E-state index in [0.29, 0.717) is 5.56 Å². The number of pyridine rings is 1. The maximum absolute atomic E-state index is 11.0. The fourth-order valence-electron chi connectivity index (χ4n) is 1.54. The minimum atomic E-state index is 0.664. The molecule has 1 heterocycles. The van der Waals surface area contributed by atoms with Crippen LogP contribution >= 0.6 is 11.8 Å². The van der Waals surface area contributed by atoms with Gasteiger partial charge in [0.1, 0.15) is 5.75 Å². The van der Waals surface area contributed by atoms with Gasteiger partial charge in [0.2, 0.25) is 0 Å². The summed E-state index contributed by atoms with van der Waals surface area (Å²) in [6.45, 7) is 0. The molecule has 0 N–H and O–H groups in total. The standard InChI is InChI=1S/C12H11NO2S/c1-15-9-3-4-10-8(7-14)5-12(16-2)13-11(10)6-9/h3-7H,1-2H3. The third-order valence-electron chi connectivity index (χ3n) is 2.36. The van der Waals surface area contributed by atoms with Crippen LogP contribution in [-0.4, -0.2) is 24.6 Å². The summed E-state index contributed by atoms with van der Waals surface area (Å²) in [5.41, 5.74) is 1.45. The van der Waals surface area contributed by atoms with Crippen LogP contribution in [-0.2, 0) is 0 Å². The van der Waals surface area contributed by atoms with E-state index in [1.165, 1.54) is 11.8 Å². The Morgan fingerprint density at radius 3 is 2.81 bits per heavy atom. The van der Waals surface area contributed by atoms with Gasteiger partial charge in [0, 0.05) is 17.0 Å². The fraction of sp³-hybridized carbons (Fsp3) is 0.167. The van der Waals surface area contributed by atoms with E-state index in [-0.39, 0.29) is 0 Å². The minimum absolute atomic E-state index is 0.664. The Balaban J connectivity index is 2.73. The first kappa shape index (κ1) is 11.0. The van der Waals surface area contributed by atoms with Crippen molar-refractivity contribution < 1.29 is 9.53 Å². The number of hydrogen-bond donors (Lipinski definition) is 0. The van der Waals surface area contributed by atoms with Crippen molar-refractivity contribution in [3.05, 3.63) is 29.8 Å². The van der Waals surface area contributed by atoms with Crippen molar-refractivity contribution in [2.45, 2.75) is 5.03 Å². The van der Waals surface area contributed by atoms with Gasteiger partial charge >= 0.3 is 0 Å². The smallest absolute Gasteiger partial charge is 0.150 e. The van der Waals surface area contributed by atoms with Gasteiger partial charge in [0.25, 0.3) is 0 Å². The van der Waals surface area contributed by atoms with Gasteiger partial charge in [-0.2, -0.15) is 0 Å². The third kappa shape index (κ3) is 1.88. The van der Waals surface area contributed by atoms with Crippen molar-refractivity contribution in [2.75, 3.05) is 13.4 Å². The highest BCUT2D eigenvalue weighted by Crippen LogP contribution is 2.25. The quantitative estimate of drug-likeness (QED) is 0.603. The van der Waals surface area contributed by atoms with Crippen LogP contribution in [0.2, 0.25) is 0 Å². The number of nitrogens with zero attached hydrogens (tertiary/aromatic N) is 1. The molecule has 1 aromatic carbocycles. The Kier molecular flexibility index (Phi) is 3.10. The first-order valence-corrected chi connectivity index (χ1v) is 5.99. The molecule has 0 atom stereocenters. The van der Waals surface area contributed by atoms with E-state index in [0.717, 1.165) is 28.0 Å². The lowest BCUT2D eigenvalue weighted by Gasteiger charge is -2.05. The second kappa shape index (κ2) is 4.53. The maximum atomic E-state index is 11.0. The summed E-state index contributed by atoms with van der Waals surface area (Å²) in [7, 11) is 1.61. The van der Waals surface area contributed by atoms with Crippen LogP contribution in [0.25, 0.3) is 10.9 Å². The highest BCUT2D eigenvalue weighted by molar-refractivity contribution is 7.98. The van der Waals surface area contributed by atoms with Gasteiger partial charge in [0.05, 0.1) is 17.7 Å². The van der Waals surface area contributed by atoms with Crippen molar-refractivity contribution in [3.8, 4) is 5.75 Å². The van der Waals surface area contributed by atoms with Gasteiger partial charge in [-0.3, -0.25) is 4.79 Å². The second-order valence-electron chi connectivity index (χ2n) is 3.25. The van der Waals surface area contributed by atoms with Crippen LogP contribution in [0.5, 0.6) is 5.75 Å². The molecule has 3 nitrogen and oxygen atoms in total. The first-order valence-electron chi connectivity index (χ1n) is 4.76. The predicted molar refractivity (Wildman–Crippen MR) is 65.5 cm³/mol. The van der Waals surface area contributed by atoms with Gasteiger partial charge in [-0.05, 0) is 24.5 Å². The van der Waals surface area contributed by atoms with Crippen LogP contribution in [0.4, 0.5) is 0 Å². The van der Waals surface area contributed by atoms with Crippen molar-refractivity contribution >= 4 is 29.0 Å². The van der Waals surface area contributed by atoms with Gasteiger partial charge in [-0.1, -0.05) is 0 Å². The van der Waals surface area contributed by atoms with E-state index in [9.17, 15) is 4.79 Å². The molecule has 16 heavy (non-hydrogen) atoms.